The number of carbonyl (C=O) groups excluding carboxylic acids is 1. The molecule has 1 aromatic carbocycles. The molecule has 0 saturated carbocycles. The van der Waals surface area contributed by atoms with Crippen molar-refractivity contribution in [2.24, 2.45) is 0 Å². The summed E-state index contributed by atoms with van der Waals surface area (Å²) in [4.78, 5) is 14.0. The Morgan fingerprint density at radius 2 is 1.89 bits per heavy atom. The van der Waals surface area contributed by atoms with Gasteiger partial charge in [0, 0.05) is 4.88 Å². The fourth-order valence-electron chi connectivity index (χ4n) is 1.97. The van der Waals surface area contributed by atoms with Crippen LogP contribution in [0.3, 0.4) is 0 Å². The molecule has 1 heterocycles. The van der Waals surface area contributed by atoms with Crippen LogP contribution in [0, 0.1) is 13.8 Å². The third-order valence-electron chi connectivity index (χ3n) is 2.97. The molecule has 1 unspecified atom stereocenters. The van der Waals surface area contributed by atoms with E-state index >= 15 is 0 Å². The van der Waals surface area contributed by atoms with E-state index in [0.717, 1.165) is 9.75 Å². The number of rotatable bonds is 3. The molecule has 0 saturated heterocycles. The second-order valence-electron chi connectivity index (χ2n) is 4.46. The van der Waals surface area contributed by atoms with Gasteiger partial charge in [-0.15, -0.1) is 11.3 Å². The topological polar surface area (TPSA) is 29.1 Å². The zero-order valence-corrected chi connectivity index (χ0v) is 11.7. The summed E-state index contributed by atoms with van der Waals surface area (Å²) in [5, 5.41) is 3.04. The van der Waals surface area contributed by atoms with Crippen LogP contribution in [0.4, 0.5) is 0 Å². The van der Waals surface area contributed by atoms with E-state index in [9.17, 15) is 4.79 Å². The maximum absolute atomic E-state index is 12.1. The smallest absolute Gasteiger partial charge is 0.261 e. The number of thiophene rings is 1. The number of hydrogen-bond acceptors (Lipinski definition) is 2. The molecule has 0 radical (unpaired) electrons. The molecule has 0 spiro atoms. The molecule has 0 fully saturated rings. The molecule has 2 rings (SSSR count). The first kappa shape index (κ1) is 12.8. The van der Waals surface area contributed by atoms with Gasteiger partial charge in [-0.2, -0.15) is 0 Å². The number of amides is 1. The van der Waals surface area contributed by atoms with Gasteiger partial charge in [0.2, 0.25) is 0 Å². The normalized spacial score (nSPS) is 12.2. The highest BCUT2D eigenvalue weighted by Gasteiger charge is 2.13. The van der Waals surface area contributed by atoms with Gasteiger partial charge in [0.25, 0.3) is 5.91 Å². The lowest BCUT2D eigenvalue weighted by atomic mass is 10.0. The van der Waals surface area contributed by atoms with Crippen molar-refractivity contribution < 1.29 is 4.79 Å². The summed E-state index contributed by atoms with van der Waals surface area (Å²) in [5.41, 5.74) is 2.37. The molecule has 1 N–H and O–H groups in total. The maximum atomic E-state index is 12.1. The van der Waals surface area contributed by atoms with Crippen LogP contribution >= 0.6 is 11.3 Å². The van der Waals surface area contributed by atoms with Gasteiger partial charge in [-0.25, -0.2) is 0 Å². The molecule has 1 amide bonds. The largest absolute Gasteiger partial charge is 0.345 e. The third kappa shape index (κ3) is 2.79. The fraction of sp³-hybridized carbons (Fsp3) is 0.267. The molecule has 0 aliphatic rings. The van der Waals surface area contributed by atoms with Crippen LogP contribution in [0.5, 0.6) is 0 Å². The van der Waals surface area contributed by atoms with Gasteiger partial charge in [-0.05, 0) is 44.0 Å². The number of benzene rings is 1. The van der Waals surface area contributed by atoms with E-state index in [0.29, 0.717) is 0 Å². The van der Waals surface area contributed by atoms with Gasteiger partial charge < -0.3 is 5.32 Å². The summed E-state index contributed by atoms with van der Waals surface area (Å²) in [5.74, 6) is 0.00357. The van der Waals surface area contributed by atoms with Crippen molar-refractivity contribution in [3.63, 3.8) is 0 Å². The van der Waals surface area contributed by atoms with Crippen molar-refractivity contribution in [3.05, 3.63) is 57.3 Å². The fourth-order valence-corrected chi connectivity index (χ4v) is 2.75. The number of aryl methyl sites for hydroxylation is 2. The monoisotopic (exact) mass is 259 g/mol. The molecule has 0 aliphatic carbocycles. The highest BCUT2D eigenvalue weighted by Crippen LogP contribution is 2.19. The van der Waals surface area contributed by atoms with E-state index in [2.05, 4.69) is 24.4 Å². The zero-order chi connectivity index (χ0) is 13.1. The first-order chi connectivity index (χ1) is 8.58. The van der Waals surface area contributed by atoms with Crippen molar-refractivity contribution >= 4 is 17.2 Å². The van der Waals surface area contributed by atoms with E-state index in [1.54, 1.807) is 0 Å². The van der Waals surface area contributed by atoms with Gasteiger partial charge in [0.1, 0.15) is 0 Å². The van der Waals surface area contributed by atoms with Crippen LogP contribution in [0.25, 0.3) is 0 Å². The van der Waals surface area contributed by atoms with Crippen molar-refractivity contribution in [2.45, 2.75) is 26.8 Å². The summed E-state index contributed by atoms with van der Waals surface area (Å²) in [6.45, 7) is 6.08. The minimum atomic E-state index is 0.00357. The predicted octanol–water partition coefficient (Wildman–Crippen LogP) is 3.86. The molecule has 18 heavy (non-hydrogen) atoms. The predicted molar refractivity (Wildman–Crippen MR) is 76.1 cm³/mol. The van der Waals surface area contributed by atoms with Crippen LogP contribution in [0.2, 0.25) is 0 Å². The first-order valence-corrected chi connectivity index (χ1v) is 6.82. The van der Waals surface area contributed by atoms with Crippen LogP contribution < -0.4 is 5.32 Å². The van der Waals surface area contributed by atoms with Crippen molar-refractivity contribution in [1.82, 2.24) is 5.32 Å². The van der Waals surface area contributed by atoms with E-state index in [1.165, 1.54) is 22.5 Å². The Balaban J connectivity index is 2.10. The average Bonchev–Trinajstić information content (AvgIpc) is 2.76. The minimum absolute atomic E-state index is 0.00357. The molecule has 2 nitrogen and oxygen atoms in total. The Labute approximate surface area is 112 Å². The third-order valence-corrected chi connectivity index (χ3v) is 3.97. The van der Waals surface area contributed by atoms with E-state index in [-0.39, 0.29) is 11.9 Å². The van der Waals surface area contributed by atoms with Crippen molar-refractivity contribution in [3.8, 4) is 0 Å². The number of hydrogen-bond donors (Lipinski definition) is 1. The molecule has 2 aromatic rings. The van der Waals surface area contributed by atoms with Crippen LogP contribution in [0.1, 0.15) is 38.6 Å². The second-order valence-corrected chi connectivity index (χ2v) is 5.75. The summed E-state index contributed by atoms with van der Waals surface area (Å²) >= 11 is 1.53. The summed E-state index contributed by atoms with van der Waals surface area (Å²) < 4.78 is 0. The molecule has 1 atom stereocenters. The Hall–Kier alpha value is -1.61. The van der Waals surface area contributed by atoms with Gasteiger partial charge in [-0.1, -0.05) is 24.3 Å². The number of carbonyl (C=O) groups is 1. The van der Waals surface area contributed by atoms with Gasteiger partial charge >= 0.3 is 0 Å². The van der Waals surface area contributed by atoms with E-state index in [4.69, 9.17) is 0 Å². The van der Waals surface area contributed by atoms with Crippen molar-refractivity contribution in [1.29, 1.82) is 0 Å². The molecular formula is C15H17NOS. The molecule has 94 valence electrons. The first-order valence-electron chi connectivity index (χ1n) is 6.01. The van der Waals surface area contributed by atoms with Gasteiger partial charge in [-0.3, -0.25) is 4.79 Å². The molecular weight excluding hydrogens is 242 g/mol. The average molecular weight is 259 g/mol. The molecule has 3 heteroatoms. The Bertz CT molecular complexity index is 559. The lowest BCUT2D eigenvalue weighted by molar-refractivity contribution is 0.0944. The molecule has 0 bridgehead atoms. The van der Waals surface area contributed by atoms with Crippen molar-refractivity contribution in [2.75, 3.05) is 0 Å². The zero-order valence-electron chi connectivity index (χ0n) is 10.9. The lowest BCUT2D eigenvalue weighted by Crippen LogP contribution is -2.26. The van der Waals surface area contributed by atoms with Gasteiger partial charge in [0.15, 0.2) is 0 Å². The van der Waals surface area contributed by atoms with Gasteiger partial charge in [0.05, 0.1) is 10.9 Å². The Morgan fingerprint density at radius 1 is 1.17 bits per heavy atom. The SMILES string of the molecule is Cc1ccc(C(=O)NC(C)c2ccccc2C)s1. The Kier molecular flexibility index (Phi) is 3.82. The Morgan fingerprint density at radius 3 is 2.50 bits per heavy atom. The van der Waals surface area contributed by atoms with Crippen LogP contribution in [-0.4, -0.2) is 5.91 Å². The lowest BCUT2D eigenvalue weighted by Gasteiger charge is -2.15. The minimum Gasteiger partial charge on any atom is -0.345 e. The quantitative estimate of drug-likeness (QED) is 0.891. The molecule has 0 aliphatic heterocycles. The summed E-state index contributed by atoms with van der Waals surface area (Å²) in [7, 11) is 0. The highest BCUT2D eigenvalue weighted by molar-refractivity contribution is 7.13. The van der Waals surface area contributed by atoms with E-state index in [1.807, 2.05) is 38.1 Å². The van der Waals surface area contributed by atoms with Crippen LogP contribution in [-0.2, 0) is 0 Å². The second kappa shape index (κ2) is 5.36. The summed E-state index contributed by atoms with van der Waals surface area (Å²) in [6, 6.07) is 12.0. The summed E-state index contributed by atoms with van der Waals surface area (Å²) in [6.07, 6.45) is 0. The standard InChI is InChI=1S/C15H17NOS/c1-10-6-4-5-7-13(10)12(3)16-15(17)14-9-8-11(2)18-14/h4-9,12H,1-3H3,(H,16,17). The highest BCUT2D eigenvalue weighted by atomic mass is 32.1. The van der Waals surface area contributed by atoms with Crippen LogP contribution in [0.15, 0.2) is 36.4 Å². The van der Waals surface area contributed by atoms with E-state index < -0.39 is 0 Å². The number of nitrogens with one attached hydrogen (secondary N) is 1. The maximum Gasteiger partial charge on any atom is 0.261 e. The molecule has 1 aromatic heterocycles.